The van der Waals surface area contributed by atoms with Crippen molar-refractivity contribution in [3.63, 3.8) is 0 Å². The fourth-order valence-electron chi connectivity index (χ4n) is 2.84. The molecule has 10 heteroatoms. The Morgan fingerprint density at radius 2 is 2.19 bits per heavy atom. The highest BCUT2D eigenvalue weighted by molar-refractivity contribution is 7.88. The molecule has 0 spiro atoms. The van der Waals surface area contributed by atoms with E-state index in [1.807, 2.05) is 6.07 Å². The first-order valence-electron chi connectivity index (χ1n) is 8.23. The van der Waals surface area contributed by atoms with Crippen molar-refractivity contribution in [3.8, 4) is 0 Å². The predicted molar refractivity (Wildman–Crippen MR) is 92.7 cm³/mol. The van der Waals surface area contributed by atoms with Gasteiger partial charge in [0.25, 0.3) is 5.91 Å². The molecule has 9 nitrogen and oxygen atoms in total. The number of methoxy groups -OCH3 is 1. The number of carbonyl (C=O) groups is 1. The molecule has 0 aromatic carbocycles. The normalized spacial score (nSPS) is 15.5. The van der Waals surface area contributed by atoms with Gasteiger partial charge in [-0.2, -0.15) is 9.40 Å². The average Bonchev–Trinajstić information content (AvgIpc) is 3.14. The highest BCUT2D eigenvalue weighted by atomic mass is 32.2. The molecule has 0 atom stereocenters. The summed E-state index contributed by atoms with van der Waals surface area (Å²) in [4.78, 5) is 12.1. The molecule has 3 rings (SSSR count). The first-order chi connectivity index (χ1) is 12.4. The molecule has 142 valence electrons. The van der Waals surface area contributed by atoms with Crippen molar-refractivity contribution in [2.45, 2.75) is 32.7 Å². The largest absolute Gasteiger partial charge is 0.453 e. The lowest BCUT2D eigenvalue weighted by Gasteiger charge is -2.16. The highest BCUT2D eigenvalue weighted by Gasteiger charge is 2.23. The second-order valence-electron chi connectivity index (χ2n) is 6.18. The number of nitrogens with zero attached hydrogens (tertiary/aromatic N) is 3. The molecule has 0 saturated carbocycles. The number of aromatic nitrogens is 2. The summed E-state index contributed by atoms with van der Waals surface area (Å²) in [5, 5.41) is 7.21. The Labute approximate surface area is 152 Å². The maximum Gasteiger partial charge on any atom is 0.287 e. The minimum Gasteiger partial charge on any atom is -0.453 e. The van der Waals surface area contributed by atoms with E-state index < -0.39 is 10.0 Å². The third-order valence-electron chi connectivity index (χ3n) is 4.10. The summed E-state index contributed by atoms with van der Waals surface area (Å²) >= 11 is 0. The Balaban J connectivity index is 1.63. The van der Waals surface area contributed by atoms with Crippen LogP contribution in [0.2, 0.25) is 0 Å². The summed E-state index contributed by atoms with van der Waals surface area (Å²) < 4.78 is 37.2. The monoisotopic (exact) mass is 382 g/mol. The van der Waals surface area contributed by atoms with Crippen LogP contribution in [0.15, 0.2) is 22.6 Å². The molecular formula is C16H22N4O5S. The number of rotatable bonds is 6. The molecule has 1 N–H and O–H groups in total. The summed E-state index contributed by atoms with van der Waals surface area (Å²) in [5.74, 6) is 0.446. The Hall–Kier alpha value is -2.17. The average molecular weight is 382 g/mol. The Bertz CT molecular complexity index is 886. The minimum absolute atomic E-state index is 0.209. The van der Waals surface area contributed by atoms with E-state index in [0.717, 1.165) is 5.69 Å². The van der Waals surface area contributed by atoms with Gasteiger partial charge in [0.1, 0.15) is 12.4 Å². The van der Waals surface area contributed by atoms with Gasteiger partial charge in [-0.3, -0.25) is 9.48 Å². The summed E-state index contributed by atoms with van der Waals surface area (Å²) in [7, 11) is -1.70. The van der Waals surface area contributed by atoms with E-state index in [-0.39, 0.29) is 18.2 Å². The molecule has 3 heterocycles. The molecule has 0 fully saturated rings. The molecule has 1 aliphatic rings. The van der Waals surface area contributed by atoms with E-state index in [4.69, 9.17) is 9.15 Å². The number of ether oxygens (including phenoxy) is 1. The molecule has 0 saturated heterocycles. The number of sulfonamides is 1. The van der Waals surface area contributed by atoms with Gasteiger partial charge in [0.15, 0.2) is 5.76 Å². The maximum atomic E-state index is 12.1. The Morgan fingerprint density at radius 1 is 1.38 bits per heavy atom. The van der Waals surface area contributed by atoms with Crippen molar-refractivity contribution in [2.24, 2.45) is 0 Å². The van der Waals surface area contributed by atoms with Crippen LogP contribution in [0.25, 0.3) is 0 Å². The van der Waals surface area contributed by atoms with Crippen molar-refractivity contribution in [1.29, 1.82) is 0 Å². The van der Waals surface area contributed by atoms with Gasteiger partial charge in [0.05, 0.1) is 30.7 Å². The third-order valence-corrected chi connectivity index (χ3v) is 5.35. The fourth-order valence-corrected chi connectivity index (χ4v) is 3.67. The maximum absolute atomic E-state index is 12.1. The number of hydrogen-bond donors (Lipinski definition) is 1. The van der Waals surface area contributed by atoms with Crippen molar-refractivity contribution in [3.05, 3.63) is 41.1 Å². The van der Waals surface area contributed by atoms with E-state index in [2.05, 4.69) is 10.4 Å². The van der Waals surface area contributed by atoms with Gasteiger partial charge in [-0.1, -0.05) is 0 Å². The first kappa shape index (κ1) is 18.6. The molecule has 0 bridgehead atoms. The van der Waals surface area contributed by atoms with Gasteiger partial charge >= 0.3 is 0 Å². The van der Waals surface area contributed by atoms with Crippen LogP contribution in [-0.2, 0) is 41.0 Å². The minimum atomic E-state index is -3.25. The summed E-state index contributed by atoms with van der Waals surface area (Å²) in [6.45, 7) is 1.96. The zero-order chi connectivity index (χ0) is 18.7. The molecular weight excluding hydrogens is 360 g/mol. The second kappa shape index (κ2) is 7.60. The van der Waals surface area contributed by atoms with E-state index >= 15 is 0 Å². The van der Waals surface area contributed by atoms with E-state index in [9.17, 15) is 13.2 Å². The number of aryl methyl sites for hydroxylation is 1. The topological polar surface area (TPSA) is 107 Å². The van der Waals surface area contributed by atoms with E-state index in [1.54, 1.807) is 23.9 Å². The predicted octanol–water partition coefficient (Wildman–Crippen LogP) is 0.718. The van der Waals surface area contributed by atoms with Crippen LogP contribution >= 0.6 is 0 Å². The van der Waals surface area contributed by atoms with Crippen LogP contribution in [0.3, 0.4) is 0 Å². The van der Waals surface area contributed by atoms with Gasteiger partial charge in [-0.15, -0.1) is 0 Å². The number of fused-ring (bicyclic) bond motifs is 1. The molecule has 0 aliphatic carbocycles. The molecule has 0 unspecified atom stereocenters. The van der Waals surface area contributed by atoms with Crippen LogP contribution < -0.4 is 5.32 Å². The number of furan rings is 1. The number of hydrogen-bond acceptors (Lipinski definition) is 6. The zero-order valence-corrected chi connectivity index (χ0v) is 15.6. The highest BCUT2D eigenvalue weighted by Crippen LogP contribution is 2.16. The van der Waals surface area contributed by atoms with Crippen LogP contribution in [-0.4, -0.2) is 48.3 Å². The van der Waals surface area contributed by atoms with Crippen molar-refractivity contribution < 1.29 is 22.4 Å². The van der Waals surface area contributed by atoms with Gasteiger partial charge in [-0.25, -0.2) is 8.42 Å². The quantitative estimate of drug-likeness (QED) is 0.789. The molecule has 26 heavy (non-hydrogen) atoms. The van der Waals surface area contributed by atoms with Crippen LogP contribution in [0.5, 0.6) is 0 Å². The van der Waals surface area contributed by atoms with E-state index in [0.29, 0.717) is 44.1 Å². The first-order valence-corrected chi connectivity index (χ1v) is 10.1. The molecule has 1 amide bonds. The van der Waals surface area contributed by atoms with Gasteiger partial charge in [0, 0.05) is 20.2 Å². The van der Waals surface area contributed by atoms with Crippen LogP contribution in [0.1, 0.15) is 34.1 Å². The van der Waals surface area contributed by atoms with Crippen molar-refractivity contribution >= 4 is 15.9 Å². The van der Waals surface area contributed by atoms with E-state index in [1.165, 1.54) is 10.6 Å². The SMILES string of the molecule is COCc1ccc(C(=O)NCc2cc3n(n2)CCCN(S(C)(=O)=O)C3)o1. The smallest absolute Gasteiger partial charge is 0.287 e. The number of carbonyl (C=O) groups excluding carboxylic acids is 1. The number of nitrogens with one attached hydrogen (secondary N) is 1. The molecule has 2 aromatic rings. The molecule has 0 radical (unpaired) electrons. The molecule has 2 aromatic heterocycles. The Morgan fingerprint density at radius 3 is 2.92 bits per heavy atom. The third kappa shape index (κ3) is 4.32. The van der Waals surface area contributed by atoms with Crippen molar-refractivity contribution in [1.82, 2.24) is 19.4 Å². The van der Waals surface area contributed by atoms with Gasteiger partial charge in [0.2, 0.25) is 10.0 Å². The second-order valence-corrected chi connectivity index (χ2v) is 8.16. The summed E-state index contributed by atoms with van der Waals surface area (Å²) in [6, 6.07) is 5.11. The zero-order valence-electron chi connectivity index (χ0n) is 14.8. The van der Waals surface area contributed by atoms with Crippen LogP contribution in [0, 0.1) is 0 Å². The summed E-state index contributed by atoms with van der Waals surface area (Å²) in [5.41, 5.74) is 1.49. The van der Waals surface area contributed by atoms with Gasteiger partial charge in [-0.05, 0) is 24.6 Å². The molecule has 1 aliphatic heterocycles. The van der Waals surface area contributed by atoms with Gasteiger partial charge < -0.3 is 14.5 Å². The lowest BCUT2D eigenvalue weighted by Crippen LogP contribution is -2.29. The summed E-state index contributed by atoms with van der Waals surface area (Å²) in [6.07, 6.45) is 1.91. The standard InChI is InChI=1S/C16H22N4O5S/c1-24-11-14-4-5-15(25-14)16(21)17-9-12-8-13-10-19(26(2,22)23)6-3-7-20(13)18-12/h4-5,8H,3,6-7,9-11H2,1-2H3,(H,17,21). The lowest BCUT2D eigenvalue weighted by molar-refractivity contribution is 0.0914. The Kier molecular flexibility index (Phi) is 5.44. The van der Waals surface area contributed by atoms with Crippen LogP contribution in [0.4, 0.5) is 0 Å². The lowest BCUT2D eigenvalue weighted by atomic mass is 10.3. The van der Waals surface area contributed by atoms with Crippen molar-refractivity contribution in [2.75, 3.05) is 19.9 Å². The number of amides is 1. The fraction of sp³-hybridized carbons (Fsp3) is 0.500.